The lowest BCUT2D eigenvalue weighted by Crippen LogP contribution is -2.32. The summed E-state index contributed by atoms with van der Waals surface area (Å²) in [5, 5.41) is 12.7. The third-order valence-electron chi connectivity index (χ3n) is 3.60. The minimum atomic E-state index is -0.653. The highest BCUT2D eigenvalue weighted by molar-refractivity contribution is 6.53. The van der Waals surface area contributed by atoms with E-state index in [2.05, 4.69) is 5.32 Å². The topological polar surface area (TPSA) is 69.6 Å². The summed E-state index contributed by atoms with van der Waals surface area (Å²) in [5.41, 5.74) is 1.33. The maximum absolute atomic E-state index is 12.6. The van der Waals surface area contributed by atoms with Crippen LogP contribution in [-0.2, 0) is 9.59 Å². The van der Waals surface area contributed by atoms with Crippen molar-refractivity contribution in [1.82, 2.24) is 0 Å². The molecule has 2 aromatic rings. The standard InChI is InChI=1S/C17H12Cl2N2O3/c1-9-6-7-10(8-11(9)18)21-16(23)14(19)15(17(21)24)20-12-4-2-3-5-13(12)22/h2-8,20,22H,1H3. The molecule has 0 spiro atoms. The number of rotatable bonds is 3. The first-order valence-corrected chi connectivity index (χ1v) is 7.75. The zero-order valence-corrected chi connectivity index (χ0v) is 14.0. The molecule has 0 aromatic heterocycles. The summed E-state index contributed by atoms with van der Waals surface area (Å²) in [5.74, 6) is -1.33. The van der Waals surface area contributed by atoms with Gasteiger partial charge in [-0.1, -0.05) is 41.4 Å². The summed E-state index contributed by atoms with van der Waals surface area (Å²) in [6.07, 6.45) is 0. The van der Waals surface area contributed by atoms with E-state index in [0.717, 1.165) is 10.5 Å². The van der Waals surface area contributed by atoms with Gasteiger partial charge in [-0.25, -0.2) is 4.90 Å². The number of amides is 2. The van der Waals surface area contributed by atoms with Crippen LogP contribution < -0.4 is 10.2 Å². The largest absolute Gasteiger partial charge is 0.506 e. The quantitative estimate of drug-likeness (QED) is 0.643. The zero-order chi connectivity index (χ0) is 17.4. The van der Waals surface area contributed by atoms with Crippen LogP contribution in [0.15, 0.2) is 53.2 Å². The first kappa shape index (κ1) is 16.4. The number of imide groups is 1. The maximum Gasteiger partial charge on any atom is 0.283 e. The van der Waals surface area contributed by atoms with Crippen LogP contribution in [0.4, 0.5) is 11.4 Å². The van der Waals surface area contributed by atoms with Gasteiger partial charge < -0.3 is 10.4 Å². The van der Waals surface area contributed by atoms with Crippen molar-refractivity contribution in [1.29, 1.82) is 0 Å². The van der Waals surface area contributed by atoms with E-state index in [1.54, 1.807) is 30.3 Å². The summed E-state index contributed by atoms with van der Waals surface area (Å²) >= 11 is 12.1. The molecule has 0 aliphatic carbocycles. The molecular weight excluding hydrogens is 351 g/mol. The predicted octanol–water partition coefficient (Wildman–Crippen LogP) is 3.79. The smallest absolute Gasteiger partial charge is 0.283 e. The van der Waals surface area contributed by atoms with E-state index in [0.29, 0.717) is 10.7 Å². The van der Waals surface area contributed by atoms with Crippen LogP contribution in [0.5, 0.6) is 5.75 Å². The average molecular weight is 363 g/mol. The van der Waals surface area contributed by atoms with Crippen LogP contribution in [0, 0.1) is 6.92 Å². The highest BCUT2D eigenvalue weighted by atomic mass is 35.5. The Morgan fingerprint density at radius 1 is 1.04 bits per heavy atom. The van der Waals surface area contributed by atoms with E-state index in [4.69, 9.17) is 23.2 Å². The minimum absolute atomic E-state index is 0.0634. The average Bonchev–Trinajstić information content (AvgIpc) is 2.76. The summed E-state index contributed by atoms with van der Waals surface area (Å²) < 4.78 is 0. The van der Waals surface area contributed by atoms with Gasteiger partial charge in [0.15, 0.2) is 0 Å². The summed E-state index contributed by atoms with van der Waals surface area (Å²) in [6, 6.07) is 11.2. The van der Waals surface area contributed by atoms with Gasteiger partial charge in [-0.2, -0.15) is 0 Å². The molecule has 1 aliphatic heterocycles. The summed E-state index contributed by atoms with van der Waals surface area (Å²) in [4.78, 5) is 25.9. The number of phenolic OH excluding ortho intramolecular Hbond substituents is 1. The Balaban J connectivity index is 1.95. The van der Waals surface area contributed by atoms with Crippen molar-refractivity contribution in [2.75, 3.05) is 10.2 Å². The second-order valence-corrected chi connectivity index (χ2v) is 6.00. The molecule has 0 fully saturated rings. The van der Waals surface area contributed by atoms with E-state index in [-0.39, 0.29) is 22.2 Å². The Bertz CT molecular complexity index is 893. The molecule has 2 N–H and O–H groups in total. The lowest BCUT2D eigenvalue weighted by atomic mass is 10.2. The molecule has 0 unspecified atom stereocenters. The first-order chi connectivity index (χ1) is 11.4. The molecular formula is C17H12Cl2N2O3. The van der Waals surface area contributed by atoms with Gasteiger partial charge in [-0.15, -0.1) is 0 Å². The Labute approximate surface area is 148 Å². The number of phenols is 1. The Hall–Kier alpha value is -2.50. The lowest BCUT2D eigenvalue weighted by Gasteiger charge is -2.16. The summed E-state index contributed by atoms with van der Waals surface area (Å²) in [7, 11) is 0. The van der Waals surface area contributed by atoms with Crippen molar-refractivity contribution in [3.63, 3.8) is 0 Å². The van der Waals surface area contributed by atoms with Crippen LogP contribution in [0.25, 0.3) is 0 Å². The Kier molecular flexibility index (Phi) is 4.22. The van der Waals surface area contributed by atoms with Crippen LogP contribution in [0.1, 0.15) is 5.56 Å². The van der Waals surface area contributed by atoms with Crippen LogP contribution in [-0.4, -0.2) is 16.9 Å². The molecule has 7 heteroatoms. The lowest BCUT2D eigenvalue weighted by molar-refractivity contribution is -0.120. The molecule has 0 saturated heterocycles. The SMILES string of the molecule is Cc1ccc(N2C(=O)C(Cl)=C(Nc3ccccc3O)C2=O)cc1Cl. The van der Waals surface area contributed by atoms with E-state index >= 15 is 0 Å². The number of carbonyl (C=O) groups is 2. The van der Waals surface area contributed by atoms with Gasteiger partial charge >= 0.3 is 0 Å². The monoisotopic (exact) mass is 362 g/mol. The van der Waals surface area contributed by atoms with Gasteiger partial charge in [0.1, 0.15) is 16.5 Å². The third-order valence-corrected chi connectivity index (χ3v) is 4.36. The van der Waals surface area contributed by atoms with Crippen molar-refractivity contribution in [2.45, 2.75) is 6.92 Å². The van der Waals surface area contributed by atoms with Crippen molar-refractivity contribution in [2.24, 2.45) is 0 Å². The Morgan fingerprint density at radius 3 is 2.42 bits per heavy atom. The molecule has 1 heterocycles. The van der Waals surface area contributed by atoms with Crippen LogP contribution >= 0.6 is 23.2 Å². The van der Waals surface area contributed by atoms with Crippen LogP contribution in [0.3, 0.4) is 0 Å². The predicted molar refractivity (Wildman–Crippen MR) is 93.3 cm³/mol. The van der Waals surface area contributed by atoms with Crippen molar-refractivity contribution in [3.8, 4) is 5.75 Å². The molecule has 2 amide bonds. The molecule has 122 valence electrons. The van der Waals surface area contributed by atoms with Gasteiger partial charge in [-0.05, 0) is 36.8 Å². The number of para-hydroxylation sites is 2. The number of carbonyl (C=O) groups excluding carboxylic acids is 2. The highest BCUT2D eigenvalue weighted by Crippen LogP contribution is 2.33. The summed E-state index contributed by atoms with van der Waals surface area (Å²) in [6.45, 7) is 1.82. The number of halogens is 2. The van der Waals surface area contributed by atoms with Gasteiger partial charge in [0.2, 0.25) is 0 Å². The fraction of sp³-hybridized carbons (Fsp3) is 0.0588. The highest BCUT2D eigenvalue weighted by Gasteiger charge is 2.39. The molecule has 0 bridgehead atoms. The van der Waals surface area contributed by atoms with Gasteiger partial charge in [-0.3, -0.25) is 9.59 Å². The second-order valence-electron chi connectivity index (χ2n) is 5.21. The van der Waals surface area contributed by atoms with E-state index in [1.165, 1.54) is 12.1 Å². The zero-order valence-electron chi connectivity index (χ0n) is 12.5. The van der Waals surface area contributed by atoms with Crippen LogP contribution in [0.2, 0.25) is 5.02 Å². The fourth-order valence-electron chi connectivity index (χ4n) is 2.28. The number of hydrogen-bond acceptors (Lipinski definition) is 4. The van der Waals surface area contributed by atoms with Gasteiger partial charge in [0.05, 0.1) is 11.4 Å². The molecule has 24 heavy (non-hydrogen) atoms. The number of aromatic hydroxyl groups is 1. The number of benzene rings is 2. The van der Waals surface area contributed by atoms with Crippen molar-refractivity contribution in [3.05, 3.63) is 63.8 Å². The Morgan fingerprint density at radius 2 is 1.75 bits per heavy atom. The number of anilines is 2. The molecule has 1 aliphatic rings. The number of nitrogens with zero attached hydrogens (tertiary/aromatic N) is 1. The molecule has 0 saturated carbocycles. The number of hydrogen-bond donors (Lipinski definition) is 2. The maximum atomic E-state index is 12.6. The molecule has 3 rings (SSSR count). The second kappa shape index (κ2) is 6.19. The van der Waals surface area contributed by atoms with E-state index < -0.39 is 11.8 Å². The number of nitrogens with one attached hydrogen (secondary N) is 1. The first-order valence-electron chi connectivity index (χ1n) is 7.00. The van der Waals surface area contributed by atoms with E-state index in [9.17, 15) is 14.7 Å². The van der Waals surface area contributed by atoms with Crippen molar-refractivity contribution >= 4 is 46.4 Å². The van der Waals surface area contributed by atoms with Gasteiger partial charge in [0, 0.05) is 5.02 Å². The van der Waals surface area contributed by atoms with Crippen molar-refractivity contribution < 1.29 is 14.7 Å². The molecule has 5 nitrogen and oxygen atoms in total. The normalized spacial score (nSPS) is 14.5. The number of aryl methyl sites for hydroxylation is 1. The molecule has 2 aromatic carbocycles. The van der Waals surface area contributed by atoms with E-state index in [1.807, 2.05) is 6.92 Å². The third kappa shape index (κ3) is 2.72. The minimum Gasteiger partial charge on any atom is -0.506 e. The van der Waals surface area contributed by atoms with Gasteiger partial charge in [0.25, 0.3) is 11.8 Å². The fourth-order valence-corrected chi connectivity index (χ4v) is 2.67. The molecule has 0 atom stereocenters. The molecule has 0 radical (unpaired) electrons.